The van der Waals surface area contributed by atoms with E-state index in [0.29, 0.717) is 12.1 Å². The van der Waals surface area contributed by atoms with Crippen LogP contribution in [-0.2, 0) is 10.9 Å². The first-order chi connectivity index (χ1) is 16.8. The fourth-order valence-electron chi connectivity index (χ4n) is 4.04. The second-order valence-electron chi connectivity index (χ2n) is 7.87. The number of halogens is 3. The van der Waals surface area contributed by atoms with Gasteiger partial charge in [0, 0.05) is 24.4 Å². The molecule has 3 aromatic rings. The smallest absolute Gasteiger partial charge is 0.416 e. The second-order valence-corrected chi connectivity index (χ2v) is 7.87. The van der Waals surface area contributed by atoms with Gasteiger partial charge in [0.15, 0.2) is 0 Å². The lowest BCUT2D eigenvalue weighted by Crippen LogP contribution is -2.26. The second kappa shape index (κ2) is 9.94. The molecule has 0 spiro atoms. The maximum atomic E-state index is 12.9. The van der Waals surface area contributed by atoms with Crippen molar-refractivity contribution in [2.24, 2.45) is 0 Å². The quantitative estimate of drug-likeness (QED) is 0.365. The standard InChI is InChI=1S/C27H20F3NO4/c28-27(29,30)18-12-13-19(25(32)33)17(15-18)7-5-6-14-31-26(34)35-16-24-22-10-3-1-8-20(22)21-9-2-4-11-23(21)24/h1-4,8-13,15,24H,6,14,16H2,(H,31,34)(H,32,33). The SMILES string of the molecule is O=C(NCCC#Cc1cc(C(F)(F)F)ccc1C(=O)O)OCC1c2ccccc2-c2ccccc21. The fourth-order valence-corrected chi connectivity index (χ4v) is 4.04. The predicted molar refractivity (Wildman–Crippen MR) is 123 cm³/mol. The number of amides is 1. The summed E-state index contributed by atoms with van der Waals surface area (Å²) >= 11 is 0. The molecular weight excluding hydrogens is 459 g/mol. The Morgan fingerprint density at radius 1 is 0.971 bits per heavy atom. The molecule has 3 aromatic carbocycles. The number of nitrogens with one attached hydrogen (secondary N) is 1. The number of carboxylic acid groups (broad SMARTS) is 1. The number of rotatable bonds is 5. The maximum absolute atomic E-state index is 12.9. The minimum absolute atomic E-state index is 0.0803. The number of carbonyl (C=O) groups is 2. The number of alkyl halides is 3. The first kappa shape index (κ1) is 23.9. The van der Waals surface area contributed by atoms with Gasteiger partial charge >= 0.3 is 18.2 Å². The summed E-state index contributed by atoms with van der Waals surface area (Å²) in [6, 6.07) is 18.2. The molecule has 178 valence electrons. The Morgan fingerprint density at radius 2 is 1.60 bits per heavy atom. The fraction of sp³-hybridized carbons (Fsp3) is 0.185. The summed E-state index contributed by atoms with van der Waals surface area (Å²) in [6.07, 6.45) is -5.16. The number of carboxylic acids is 1. The minimum atomic E-state index is -4.61. The summed E-state index contributed by atoms with van der Waals surface area (Å²) in [7, 11) is 0. The highest BCUT2D eigenvalue weighted by molar-refractivity contribution is 5.90. The van der Waals surface area contributed by atoms with Crippen LogP contribution in [0.5, 0.6) is 0 Å². The van der Waals surface area contributed by atoms with Crippen molar-refractivity contribution in [3.63, 3.8) is 0 Å². The average molecular weight is 479 g/mol. The van der Waals surface area contributed by atoms with Crippen LogP contribution < -0.4 is 5.32 Å². The van der Waals surface area contributed by atoms with Gasteiger partial charge in [0.25, 0.3) is 0 Å². The largest absolute Gasteiger partial charge is 0.478 e. The van der Waals surface area contributed by atoms with E-state index in [0.717, 1.165) is 28.3 Å². The molecule has 2 N–H and O–H groups in total. The zero-order valence-electron chi connectivity index (χ0n) is 18.4. The molecule has 0 aliphatic heterocycles. The lowest BCUT2D eigenvalue weighted by molar-refractivity contribution is -0.137. The van der Waals surface area contributed by atoms with Gasteiger partial charge in [-0.25, -0.2) is 9.59 Å². The van der Waals surface area contributed by atoms with E-state index in [1.54, 1.807) is 0 Å². The monoisotopic (exact) mass is 479 g/mol. The van der Waals surface area contributed by atoms with Crippen molar-refractivity contribution in [2.75, 3.05) is 13.2 Å². The third-order valence-corrected chi connectivity index (χ3v) is 5.66. The Bertz CT molecular complexity index is 1290. The van der Waals surface area contributed by atoms with Gasteiger partial charge in [-0.1, -0.05) is 60.4 Å². The normalized spacial score (nSPS) is 12.2. The molecule has 1 aliphatic rings. The van der Waals surface area contributed by atoms with E-state index >= 15 is 0 Å². The van der Waals surface area contributed by atoms with Crippen LogP contribution in [0.3, 0.4) is 0 Å². The van der Waals surface area contributed by atoms with E-state index in [9.17, 15) is 27.9 Å². The van der Waals surface area contributed by atoms with Crippen LogP contribution in [0.4, 0.5) is 18.0 Å². The van der Waals surface area contributed by atoms with Crippen molar-refractivity contribution in [3.8, 4) is 23.0 Å². The molecule has 0 atom stereocenters. The molecule has 0 bridgehead atoms. The Labute approximate surface area is 199 Å². The minimum Gasteiger partial charge on any atom is -0.478 e. The van der Waals surface area contributed by atoms with Crippen molar-refractivity contribution in [1.29, 1.82) is 0 Å². The summed E-state index contributed by atoms with van der Waals surface area (Å²) < 4.78 is 44.2. The number of carbonyl (C=O) groups excluding carboxylic acids is 1. The van der Waals surface area contributed by atoms with E-state index < -0.39 is 23.8 Å². The lowest BCUT2D eigenvalue weighted by Gasteiger charge is -2.14. The highest BCUT2D eigenvalue weighted by atomic mass is 19.4. The third kappa shape index (κ3) is 5.30. The van der Waals surface area contributed by atoms with Crippen LogP contribution in [0.1, 0.15) is 45.0 Å². The van der Waals surface area contributed by atoms with E-state index in [4.69, 9.17) is 4.74 Å². The van der Waals surface area contributed by atoms with Crippen LogP contribution in [0, 0.1) is 11.8 Å². The van der Waals surface area contributed by atoms with Gasteiger partial charge in [-0.05, 0) is 40.5 Å². The summed E-state index contributed by atoms with van der Waals surface area (Å²) in [5.74, 6) is 3.60. The molecule has 35 heavy (non-hydrogen) atoms. The molecule has 0 saturated heterocycles. The van der Waals surface area contributed by atoms with Crippen LogP contribution in [0.2, 0.25) is 0 Å². The maximum Gasteiger partial charge on any atom is 0.416 e. The van der Waals surface area contributed by atoms with Gasteiger partial charge in [0.1, 0.15) is 6.61 Å². The van der Waals surface area contributed by atoms with Gasteiger partial charge in [-0.2, -0.15) is 13.2 Å². The number of hydrogen-bond acceptors (Lipinski definition) is 3. The summed E-state index contributed by atoms with van der Waals surface area (Å²) in [5.41, 5.74) is 2.85. The number of hydrogen-bond donors (Lipinski definition) is 2. The molecule has 0 fully saturated rings. The molecule has 1 aliphatic carbocycles. The van der Waals surface area contributed by atoms with E-state index in [1.165, 1.54) is 0 Å². The van der Waals surface area contributed by atoms with Crippen LogP contribution in [0.15, 0.2) is 66.7 Å². The van der Waals surface area contributed by atoms with Crippen molar-refractivity contribution in [1.82, 2.24) is 5.32 Å². The van der Waals surface area contributed by atoms with Crippen molar-refractivity contribution >= 4 is 12.1 Å². The average Bonchev–Trinajstić information content (AvgIpc) is 3.15. The molecule has 0 unspecified atom stereocenters. The van der Waals surface area contributed by atoms with Gasteiger partial charge in [0.2, 0.25) is 0 Å². The van der Waals surface area contributed by atoms with E-state index in [-0.39, 0.29) is 36.6 Å². The number of benzene rings is 3. The summed E-state index contributed by atoms with van der Waals surface area (Å²) in [4.78, 5) is 23.4. The van der Waals surface area contributed by atoms with Gasteiger partial charge in [-0.15, -0.1) is 0 Å². The molecule has 8 heteroatoms. The van der Waals surface area contributed by atoms with Crippen molar-refractivity contribution < 1.29 is 32.6 Å². The zero-order valence-corrected chi connectivity index (χ0v) is 18.4. The number of ether oxygens (including phenoxy) is 1. The topological polar surface area (TPSA) is 75.6 Å². The number of alkyl carbamates (subject to hydrolysis) is 1. The Kier molecular flexibility index (Phi) is 6.78. The Morgan fingerprint density at radius 3 is 2.20 bits per heavy atom. The van der Waals surface area contributed by atoms with E-state index in [2.05, 4.69) is 17.2 Å². The molecule has 0 saturated carbocycles. The molecular formula is C27H20F3NO4. The van der Waals surface area contributed by atoms with Crippen molar-refractivity contribution in [2.45, 2.75) is 18.5 Å². The predicted octanol–water partition coefficient (Wildman–Crippen LogP) is 5.68. The Hall–Kier alpha value is -4.25. The van der Waals surface area contributed by atoms with Crippen molar-refractivity contribution in [3.05, 3.63) is 94.5 Å². The molecule has 5 nitrogen and oxygen atoms in total. The van der Waals surface area contributed by atoms with Gasteiger partial charge in [-0.3, -0.25) is 0 Å². The first-order valence-electron chi connectivity index (χ1n) is 10.8. The molecule has 0 radical (unpaired) electrons. The first-order valence-corrected chi connectivity index (χ1v) is 10.8. The zero-order chi connectivity index (χ0) is 25.0. The molecule has 0 aromatic heterocycles. The third-order valence-electron chi connectivity index (χ3n) is 5.66. The van der Waals surface area contributed by atoms with Crippen LogP contribution in [-0.4, -0.2) is 30.3 Å². The van der Waals surface area contributed by atoms with Crippen LogP contribution >= 0.6 is 0 Å². The highest BCUT2D eigenvalue weighted by Crippen LogP contribution is 2.44. The Balaban J connectivity index is 1.33. The summed E-state index contributed by atoms with van der Waals surface area (Å²) in [5, 5.41) is 11.7. The molecule has 1 amide bonds. The van der Waals surface area contributed by atoms with Gasteiger partial charge < -0.3 is 15.2 Å². The van der Waals surface area contributed by atoms with Crippen LogP contribution in [0.25, 0.3) is 11.1 Å². The van der Waals surface area contributed by atoms with E-state index in [1.807, 2.05) is 48.5 Å². The molecule has 0 heterocycles. The van der Waals surface area contributed by atoms with Gasteiger partial charge in [0.05, 0.1) is 11.1 Å². The summed E-state index contributed by atoms with van der Waals surface area (Å²) in [6.45, 7) is 0.239. The lowest BCUT2D eigenvalue weighted by atomic mass is 9.98. The number of aromatic carboxylic acids is 1. The highest BCUT2D eigenvalue weighted by Gasteiger charge is 2.31. The number of fused-ring (bicyclic) bond motifs is 3. The molecule has 4 rings (SSSR count).